The maximum Gasteiger partial charge on any atom is 0.333 e. The second-order valence-electron chi connectivity index (χ2n) is 5.99. The topological polar surface area (TPSA) is 63.6 Å². The van der Waals surface area contributed by atoms with Crippen molar-refractivity contribution in [1.82, 2.24) is 0 Å². The summed E-state index contributed by atoms with van der Waals surface area (Å²) in [6.07, 6.45) is 1.74. The molecule has 122 valence electrons. The Bertz CT molecular complexity index is 672. The molecule has 1 aliphatic rings. The highest BCUT2D eigenvalue weighted by atomic mass is 16.5. The van der Waals surface area contributed by atoms with Gasteiger partial charge in [-0.2, -0.15) is 0 Å². The Morgan fingerprint density at radius 3 is 2.48 bits per heavy atom. The van der Waals surface area contributed by atoms with Crippen LogP contribution in [0.2, 0.25) is 0 Å². The van der Waals surface area contributed by atoms with Crippen molar-refractivity contribution < 1.29 is 19.4 Å². The van der Waals surface area contributed by atoms with Crippen LogP contribution < -0.4 is 0 Å². The fourth-order valence-electron chi connectivity index (χ4n) is 3.06. The van der Waals surface area contributed by atoms with Gasteiger partial charge in [-0.05, 0) is 37.3 Å². The first-order chi connectivity index (χ1) is 10.9. The molecule has 0 aliphatic heterocycles. The van der Waals surface area contributed by atoms with Crippen molar-refractivity contribution in [2.45, 2.75) is 45.1 Å². The smallest absolute Gasteiger partial charge is 0.333 e. The van der Waals surface area contributed by atoms with E-state index in [0.717, 1.165) is 11.1 Å². The predicted molar refractivity (Wildman–Crippen MR) is 88.3 cm³/mol. The summed E-state index contributed by atoms with van der Waals surface area (Å²) >= 11 is 0. The summed E-state index contributed by atoms with van der Waals surface area (Å²) in [5.41, 5.74) is 2.54. The lowest BCUT2D eigenvalue weighted by atomic mass is 9.73. The van der Waals surface area contributed by atoms with E-state index in [-0.39, 0.29) is 11.5 Å². The van der Waals surface area contributed by atoms with Gasteiger partial charge in [0.1, 0.15) is 6.10 Å². The van der Waals surface area contributed by atoms with E-state index in [1.54, 1.807) is 19.9 Å². The molecule has 0 aromatic heterocycles. The highest BCUT2D eigenvalue weighted by molar-refractivity contribution is 5.89. The summed E-state index contributed by atoms with van der Waals surface area (Å²) in [5, 5.41) is 9.38. The Labute approximate surface area is 136 Å². The molecule has 4 nitrogen and oxygen atoms in total. The van der Waals surface area contributed by atoms with Crippen molar-refractivity contribution in [3.05, 3.63) is 59.2 Å². The zero-order valence-electron chi connectivity index (χ0n) is 13.7. The molecule has 0 amide bonds. The number of esters is 1. The molecular weight excluding hydrogens is 292 g/mol. The van der Waals surface area contributed by atoms with Crippen molar-refractivity contribution in [3.8, 4) is 0 Å². The lowest BCUT2D eigenvalue weighted by Gasteiger charge is -2.36. The van der Waals surface area contributed by atoms with Gasteiger partial charge >= 0.3 is 11.9 Å². The molecule has 2 rings (SSSR count). The van der Waals surface area contributed by atoms with Crippen LogP contribution >= 0.6 is 0 Å². The molecule has 0 bridgehead atoms. The SMILES string of the molecule is C=C(C(=O)O)[C@@H]1c2ccccc2[C@H](C)C[C@H]1OC(=O)/C(C)=C\C. The number of rotatable bonds is 4. The molecule has 1 aromatic carbocycles. The maximum atomic E-state index is 12.1. The third-order valence-electron chi connectivity index (χ3n) is 4.48. The van der Waals surface area contributed by atoms with Crippen LogP contribution in [0.15, 0.2) is 48.1 Å². The van der Waals surface area contributed by atoms with Crippen LogP contribution in [0.1, 0.15) is 50.2 Å². The summed E-state index contributed by atoms with van der Waals surface area (Å²) in [6, 6.07) is 7.70. The first-order valence-corrected chi connectivity index (χ1v) is 7.71. The fourth-order valence-corrected chi connectivity index (χ4v) is 3.06. The number of carboxylic acid groups (broad SMARTS) is 1. The summed E-state index contributed by atoms with van der Waals surface area (Å²) in [4.78, 5) is 23.6. The van der Waals surface area contributed by atoms with Crippen LogP contribution in [0.5, 0.6) is 0 Å². The van der Waals surface area contributed by atoms with Crippen LogP contribution in [0, 0.1) is 0 Å². The number of aliphatic carboxylic acids is 1. The Balaban J connectivity index is 2.43. The summed E-state index contributed by atoms with van der Waals surface area (Å²) < 4.78 is 5.62. The van der Waals surface area contributed by atoms with Crippen molar-refractivity contribution >= 4 is 11.9 Å². The van der Waals surface area contributed by atoms with E-state index < -0.39 is 24.0 Å². The number of carbonyl (C=O) groups is 2. The second kappa shape index (κ2) is 6.82. The van der Waals surface area contributed by atoms with E-state index >= 15 is 0 Å². The molecular formula is C19H22O4. The van der Waals surface area contributed by atoms with Gasteiger partial charge in [0, 0.05) is 11.1 Å². The Kier molecular flexibility index (Phi) is 5.04. The first-order valence-electron chi connectivity index (χ1n) is 7.71. The van der Waals surface area contributed by atoms with E-state index in [9.17, 15) is 14.7 Å². The molecule has 23 heavy (non-hydrogen) atoms. The molecule has 0 unspecified atom stereocenters. The van der Waals surface area contributed by atoms with Gasteiger partial charge in [-0.15, -0.1) is 0 Å². The third kappa shape index (κ3) is 3.36. The van der Waals surface area contributed by atoms with Crippen LogP contribution in [-0.4, -0.2) is 23.1 Å². The van der Waals surface area contributed by atoms with E-state index in [4.69, 9.17) is 4.74 Å². The van der Waals surface area contributed by atoms with Gasteiger partial charge in [-0.1, -0.05) is 43.8 Å². The number of fused-ring (bicyclic) bond motifs is 1. The molecule has 3 atom stereocenters. The van der Waals surface area contributed by atoms with E-state index in [0.29, 0.717) is 12.0 Å². The minimum atomic E-state index is -1.07. The zero-order chi connectivity index (χ0) is 17.1. The fraction of sp³-hybridized carbons (Fsp3) is 0.368. The molecule has 1 aromatic rings. The average molecular weight is 314 g/mol. The van der Waals surface area contributed by atoms with Crippen molar-refractivity contribution in [2.24, 2.45) is 0 Å². The number of benzene rings is 1. The molecule has 1 N–H and O–H groups in total. The van der Waals surface area contributed by atoms with Gasteiger partial charge in [0.2, 0.25) is 0 Å². The van der Waals surface area contributed by atoms with Gasteiger partial charge in [0.15, 0.2) is 0 Å². The largest absolute Gasteiger partial charge is 0.478 e. The van der Waals surface area contributed by atoms with Crippen LogP contribution in [-0.2, 0) is 14.3 Å². The number of allylic oxidation sites excluding steroid dienone is 1. The van der Waals surface area contributed by atoms with E-state index in [1.165, 1.54) is 0 Å². The second-order valence-corrected chi connectivity index (χ2v) is 5.99. The standard InChI is InChI=1S/C19H22O4/c1-5-11(2)19(22)23-16-10-12(3)14-8-6-7-9-15(14)17(16)13(4)18(20)21/h5-9,12,16-17H,4,10H2,1-3H3,(H,20,21)/b11-5-/t12-,16-,17-/m1/s1. The van der Waals surface area contributed by atoms with Gasteiger partial charge in [-0.25, -0.2) is 9.59 Å². The van der Waals surface area contributed by atoms with E-state index in [2.05, 4.69) is 13.5 Å². The summed E-state index contributed by atoms with van der Waals surface area (Å²) in [5.74, 6) is -1.81. The molecule has 0 radical (unpaired) electrons. The van der Waals surface area contributed by atoms with Crippen LogP contribution in [0.25, 0.3) is 0 Å². The lowest BCUT2D eigenvalue weighted by Crippen LogP contribution is -2.34. The highest BCUT2D eigenvalue weighted by Crippen LogP contribution is 2.43. The Morgan fingerprint density at radius 2 is 1.91 bits per heavy atom. The first kappa shape index (κ1) is 17.0. The van der Waals surface area contributed by atoms with E-state index in [1.807, 2.05) is 24.3 Å². The molecule has 0 spiro atoms. The number of carboxylic acids is 1. The van der Waals surface area contributed by atoms with Crippen LogP contribution in [0.3, 0.4) is 0 Å². The molecule has 1 aliphatic carbocycles. The van der Waals surface area contributed by atoms with Gasteiger partial charge < -0.3 is 9.84 Å². The number of ether oxygens (including phenoxy) is 1. The number of hydrogen-bond acceptors (Lipinski definition) is 3. The summed E-state index contributed by atoms with van der Waals surface area (Å²) in [7, 11) is 0. The monoisotopic (exact) mass is 314 g/mol. The van der Waals surface area contributed by atoms with Gasteiger partial charge in [0.25, 0.3) is 0 Å². The molecule has 4 heteroatoms. The van der Waals surface area contributed by atoms with Gasteiger partial charge in [0.05, 0.1) is 5.92 Å². The third-order valence-corrected chi connectivity index (χ3v) is 4.48. The van der Waals surface area contributed by atoms with Crippen molar-refractivity contribution in [3.63, 3.8) is 0 Å². The Morgan fingerprint density at radius 1 is 1.30 bits per heavy atom. The quantitative estimate of drug-likeness (QED) is 0.678. The normalized spacial score (nSPS) is 23.8. The van der Waals surface area contributed by atoms with Crippen molar-refractivity contribution in [1.29, 1.82) is 0 Å². The van der Waals surface area contributed by atoms with Gasteiger partial charge in [-0.3, -0.25) is 0 Å². The minimum absolute atomic E-state index is 0.0558. The Hall–Kier alpha value is -2.36. The summed E-state index contributed by atoms with van der Waals surface area (Å²) in [6.45, 7) is 9.23. The maximum absolute atomic E-state index is 12.1. The minimum Gasteiger partial charge on any atom is -0.478 e. The predicted octanol–water partition coefficient (Wildman–Crippen LogP) is 3.80. The highest BCUT2D eigenvalue weighted by Gasteiger charge is 2.39. The zero-order valence-corrected chi connectivity index (χ0v) is 13.7. The average Bonchev–Trinajstić information content (AvgIpc) is 2.53. The number of hydrogen-bond donors (Lipinski definition) is 1. The number of carbonyl (C=O) groups excluding carboxylic acids is 1. The van der Waals surface area contributed by atoms with Crippen molar-refractivity contribution in [2.75, 3.05) is 0 Å². The molecule has 0 saturated heterocycles. The van der Waals surface area contributed by atoms with Crippen LogP contribution in [0.4, 0.5) is 0 Å². The lowest BCUT2D eigenvalue weighted by molar-refractivity contribution is -0.147. The molecule has 0 saturated carbocycles. The molecule has 0 heterocycles. The molecule has 0 fully saturated rings.